The first-order valence-corrected chi connectivity index (χ1v) is 6.87. The minimum Gasteiger partial charge on any atom is -0.493 e. The fourth-order valence-electron chi connectivity index (χ4n) is 2.18. The van der Waals surface area contributed by atoms with Crippen molar-refractivity contribution in [2.45, 2.75) is 25.7 Å². The number of carbonyl (C=O) groups is 1. The Kier molecular flexibility index (Phi) is 4.66. The summed E-state index contributed by atoms with van der Waals surface area (Å²) in [5.41, 5.74) is 6.30. The number of nitrogens with zero attached hydrogens (tertiary/aromatic N) is 1. The van der Waals surface area contributed by atoms with Gasteiger partial charge >= 0.3 is 0 Å². The first kappa shape index (κ1) is 13.7. The van der Waals surface area contributed by atoms with Crippen LogP contribution in [0.25, 0.3) is 0 Å². The second-order valence-electron chi connectivity index (χ2n) is 5.24. The Morgan fingerprint density at radius 1 is 1.37 bits per heavy atom. The van der Waals surface area contributed by atoms with Gasteiger partial charge in [-0.1, -0.05) is 6.42 Å². The highest BCUT2D eigenvalue weighted by atomic mass is 16.5. The van der Waals surface area contributed by atoms with Crippen molar-refractivity contribution in [2.24, 2.45) is 5.92 Å². The summed E-state index contributed by atoms with van der Waals surface area (Å²) in [5, 5.41) is 0. The summed E-state index contributed by atoms with van der Waals surface area (Å²) in [4.78, 5) is 13.7. The molecule has 1 amide bonds. The van der Waals surface area contributed by atoms with Crippen LogP contribution in [0.3, 0.4) is 0 Å². The van der Waals surface area contributed by atoms with E-state index in [1.807, 2.05) is 24.1 Å². The molecular formula is C15H22N2O2. The van der Waals surface area contributed by atoms with Crippen LogP contribution < -0.4 is 10.5 Å². The van der Waals surface area contributed by atoms with Gasteiger partial charge in [0.15, 0.2) is 0 Å². The van der Waals surface area contributed by atoms with Crippen molar-refractivity contribution in [1.29, 1.82) is 0 Å². The summed E-state index contributed by atoms with van der Waals surface area (Å²) < 4.78 is 5.52. The first-order valence-electron chi connectivity index (χ1n) is 6.87. The van der Waals surface area contributed by atoms with E-state index in [1.54, 1.807) is 12.1 Å². The van der Waals surface area contributed by atoms with E-state index in [9.17, 15) is 4.79 Å². The molecule has 1 saturated carbocycles. The van der Waals surface area contributed by atoms with Gasteiger partial charge in [-0.15, -0.1) is 0 Å². The number of amides is 1. The maximum absolute atomic E-state index is 11.9. The van der Waals surface area contributed by atoms with Crippen LogP contribution in [0.4, 0.5) is 5.69 Å². The quantitative estimate of drug-likeness (QED) is 0.800. The monoisotopic (exact) mass is 262 g/mol. The maximum Gasteiger partial charge on any atom is 0.225 e. The molecule has 4 nitrogen and oxygen atoms in total. The molecule has 2 rings (SSSR count). The number of benzene rings is 1. The van der Waals surface area contributed by atoms with Crippen LogP contribution >= 0.6 is 0 Å². The van der Waals surface area contributed by atoms with E-state index in [0.29, 0.717) is 24.6 Å². The molecule has 1 aliphatic rings. The Bertz CT molecular complexity index is 413. The lowest BCUT2D eigenvalue weighted by molar-refractivity contribution is -0.131. The van der Waals surface area contributed by atoms with E-state index in [-0.39, 0.29) is 5.91 Å². The Balaban J connectivity index is 1.66. The zero-order chi connectivity index (χ0) is 13.7. The fourth-order valence-corrected chi connectivity index (χ4v) is 2.18. The number of anilines is 1. The van der Waals surface area contributed by atoms with E-state index >= 15 is 0 Å². The van der Waals surface area contributed by atoms with Crippen molar-refractivity contribution in [3.63, 3.8) is 0 Å². The molecule has 0 atom stereocenters. The van der Waals surface area contributed by atoms with Crippen molar-refractivity contribution in [1.82, 2.24) is 4.90 Å². The Labute approximate surface area is 114 Å². The summed E-state index contributed by atoms with van der Waals surface area (Å²) in [6.07, 6.45) is 4.26. The van der Waals surface area contributed by atoms with Crippen LogP contribution in [0.2, 0.25) is 0 Å². The van der Waals surface area contributed by atoms with Gasteiger partial charge in [0.2, 0.25) is 5.91 Å². The third kappa shape index (κ3) is 4.16. The highest BCUT2D eigenvalue weighted by Gasteiger charge is 2.21. The number of nitrogen functional groups attached to an aromatic ring is 1. The number of hydrogen-bond donors (Lipinski definition) is 1. The van der Waals surface area contributed by atoms with E-state index < -0.39 is 0 Å². The summed E-state index contributed by atoms with van der Waals surface area (Å²) in [5.74, 6) is 1.62. The predicted octanol–water partition coefficient (Wildman–Crippen LogP) is 2.30. The lowest BCUT2D eigenvalue weighted by Crippen LogP contribution is -2.34. The van der Waals surface area contributed by atoms with E-state index in [2.05, 4.69) is 0 Å². The number of nitrogens with two attached hydrogens (primary N) is 1. The van der Waals surface area contributed by atoms with E-state index in [4.69, 9.17) is 10.5 Å². The molecule has 1 aromatic carbocycles. The van der Waals surface area contributed by atoms with Crippen LogP contribution in [0, 0.1) is 5.92 Å². The normalized spacial score (nSPS) is 14.8. The smallest absolute Gasteiger partial charge is 0.225 e. The molecule has 19 heavy (non-hydrogen) atoms. The van der Waals surface area contributed by atoms with Crippen molar-refractivity contribution in [3.05, 3.63) is 24.3 Å². The Morgan fingerprint density at radius 2 is 2.05 bits per heavy atom. The van der Waals surface area contributed by atoms with Crippen LogP contribution in [0.1, 0.15) is 25.7 Å². The molecule has 0 spiro atoms. The molecule has 0 aliphatic heterocycles. The Morgan fingerprint density at radius 3 is 2.63 bits per heavy atom. The molecule has 1 aromatic rings. The standard InChI is InChI=1S/C15H22N2O2/c1-17(11-12-3-2-4-12)15(18)9-10-19-14-7-5-13(16)6-8-14/h5-8,12H,2-4,9-11,16H2,1H3. The Hall–Kier alpha value is -1.71. The minimum absolute atomic E-state index is 0.155. The van der Waals surface area contributed by atoms with Gasteiger partial charge in [0, 0.05) is 19.3 Å². The van der Waals surface area contributed by atoms with Crippen LogP contribution in [0.15, 0.2) is 24.3 Å². The third-order valence-electron chi connectivity index (χ3n) is 3.65. The molecule has 2 N–H and O–H groups in total. The molecule has 1 fully saturated rings. The molecule has 0 saturated heterocycles. The molecule has 0 heterocycles. The SMILES string of the molecule is CN(CC1CCC1)C(=O)CCOc1ccc(N)cc1. The molecule has 104 valence electrons. The second-order valence-corrected chi connectivity index (χ2v) is 5.24. The lowest BCUT2D eigenvalue weighted by Gasteiger charge is -2.30. The van der Waals surface area contributed by atoms with Gasteiger partial charge < -0.3 is 15.4 Å². The van der Waals surface area contributed by atoms with Crippen LogP contribution in [0.5, 0.6) is 5.75 Å². The summed E-state index contributed by atoms with van der Waals surface area (Å²) in [7, 11) is 1.88. The highest BCUT2D eigenvalue weighted by Crippen LogP contribution is 2.26. The van der Waals surface area contributed by atoms with Gasteiger partial charge in [0.05, 0.1) is 13.0 Å². The van der Waals surface area contributed by atoms with Gasteiger partial charge in [-0.25, -0.2) is 0 Å². The minimum atomic E-state index is 0.155. The topological polar surface area (TPSA) is 55.6 Å². The maximum atomic E-state index is 11.9. The van der Waals surface area contributed by atoms with Gasteiger partial charge in [0.1, 0.15) is 5.75 Å². The molecule has 0 radical (unpaired) electrons. The zero-order valence-corrected chi connectivity index (χ0v) is 11.5. The number of hydrogen-bond acceptors (Lipinski definition) is 3. The number of ether oxygens (including phenoxy) is 1. The van der Waals surface area contributed by atoms with Gasteiger partial charge in [0.25, 0.3) is 0 Å². The van der Waals surface area contributed by atoms with Crippen molar-refractivity contribution in [2.75, 3.05) is 25.9 Å². The van der Waals surface area contributed by atoms with Crippen LogP contribution in [-0.2, 0) is 4.79 Å². The average molecular weight is 262 g/mol. The van der Waals surface area contributed by atoms with E-state index in [1.165, 1.54) is 19.3 Å². The molecule has 0 bridgehead atoms. The van der Waals surface area contributed by atoms with Crippen molar-refractivity contribution < 1.29 is 9.53 Å². The average Bonchev–Trinajstić information content (AvgIpc) is 2.36. The molecule has 0 aromatic heterocycles. The third-order valence-corrected chi connectivity index (χ3v) is 3.65. The zero-order valence-electron chi connectivity index (χ0n) is 11.5. The molecular weight excluding hydrogens is 240 g/mol. The lowest BCUT2D eigenvalue weighted by atomic mass is 9.85. The fraction of sp³-hybridized carbons (Fsp3) is 0.533. The molecule has 1 aliphatic carbocycles. The largest absolute Gasteiger partial charge is 0.493 e. The molecule has 4 heteroatoms. The van der Waals surface area contributed by atoms with Crippen molar-refractivity contribution in [3.8, 4) is 5.75 Å². The second kappa shape index (κ2) is 6.45. The van der Waals surface area contributed by atoms with Crippen LogP contribution in [-0.4, -0.2) is 31.0 Å². The van der Waals surface area contributed by atoms with Crippen molar-refractivity contribution >= 4 is 11.6 Å². The van der Waals surface area contributed by atoms with E-state index in [0.717, 1.165) is 12.3 Å². The van der Waals surface area contributed by atoms with Gasteiger partial charge in [-0.3, -0.25) is 4.79 Å². The molecule has 0 unspecified atom stereocenters. The summed E-state index contributed by atoms with van der Waals surface area (Å²) in [6, 6.07) is 7.22. The summed E-state index contributed by atoms with van der Waals surface area (Å²) in [6.45, 7) is 1.30. The first-order chi connectivity index (χ1) is 9.15. The predicted molar refractivity (Wildman–Crippen MR) is 75.9 cm³/mol. The number of rotatable bonds is 6. The summed E-state index contributed by atoms with van der Waals surface area (Å²) >= 11 is 0. The van der Waals surface area contributed by atoms with Gasteiger partial charge in [-0.2, -0.15) is 0 Å². The van der Waals surface area contributed by atoms with Gasteiger partial charge in [-0.05, 0) is 43.0 Å². The number of carbonyl (C=O) groups excluding carboxylic acids is 1. The highest BCUT2D eigenvalue weighted by molar-refractivity contribution is 5.76.